The zero-order valence-corrected chi connectivity index (χ0v) is 26.7. The molecule has 0 N–H and O–H groups in total. The van der Waals surface area contributed by atoms with Crippen molar-refractivity contribution in [3.8, 4) is 22.3 Å². The first kappa shape index (κ1) is 22.1. The van der Waals surface area contributed by atoms with E-state index in [2.05, 4.69) is 95.9 Å². The van der Waals surface area contributed by atoms with E-state index in [0.717, 1.165) is 66.3 Å². The van der Waals surface area contributed by atoms with Crippen molar-refractivity contribution in [2.24, 2.45) is 0 Å². The number of para-hydroxylation sites is 2. The van der Waals surface area contributed by atoms with E-state index in [1.54, 1.807) is 6.07 Å². The van der Waals surface area contributed by atoms with Crippen LogP contribution in [0.3, 0.4) is 0 Å². The number of rotatable bonds is 5. The minimum atomic E-state index is -0.486. The molecule has 1 heterocycles. The van der Waals surface area contributed by atoms with E-state index in [1.165, 1.54) is 5.39 Å². The average Bonchev–Trinajstić information content (AvgIpc) is 3.63. The minimum absolute atomic E-state index is 0.0625. The lowest BCUT2D eigenvalue weighted by molar-refractivity contribution is 0.669. The van der Waals surface area contributed by atoms with Crippen molar-refractivity contribution in [1.82, 2.24) is 0 Å². The summed E-state index contributed by atoms with van der Waals surface area (Å²) in [6, 6.07) is 46.5. The highest BCUT2D eigenvalue weighted by Crippen LogP contribution is 2.46. The summed E-state index contributed by atoms with van der Waals surface area (Å²) in [5.41, 5.74) is 6.75. The van der Waals surface area contributed by atoms with E-state index in [1.807, 2.05) is 48.5 Å². The van der Waals surface area contributed by atoms with Crippen LogP contribution in [0.1, 0.15) is 9.60 Å². The fraction of sp³-hybridized carbons (Fsp3) is 0. The molecule has 9 aromatic carbocycles. The molecule has 0 amide bonds. The van der Waals surface area contributed by atoms with E-state index in [-0.39, 0.29) is 40.5 Å². The molecule has 10 aromatic rings. The molecule has 0 bridgehead atoms. The summed E-state index contributed by atoms with van der Waals surface area (Å²) in [7, 11) is 0. The molecule has 0 spiro atoms. The maximum Gasteiger partial charge on any atom is 0.159 e. The Kier molecular flexibility index (Phi) is 5.08. The van der Waals surface area contributed by atoms with Gasteiger partial charge in [-0.05, 0) is 91.6 Å². The molecule has 2 heteroatoms. The first-order valence-electron chi connectivity index (χ1n) is 20.0. The second-order valence-corrected chi connectivity index (χ2v) is 12.4. The maximum absolute atomic E-state index is 9.07. The van der Waals surface area contributed by atoms with Crippen LogP contribution in [-0.4, -0.2) is 0 Å². The summed E-state index contributed by atoms with van der Waals surface area (Å²) < 4.78 is 66.6. The first-order valence-corrected chi connectivity index (χ1v) is 16.5. The van der Waals surface area contributed by atoms with Crippen LogP contribution in [0.4, 0.5) is 17.1 Å². The highest BCUT2D eigenvalue weighted by molar-refractivity contribution is 6.16. The Balaban J connectivity index is 1.14. The normalized spacial score (nSPS) is 13.6. The molecule has 0 aliphatic carbocycles. The van der Waals surface area contributed by atoms with Gasteiger partial charge in [-0.2, -0.15) is 0 Å². The van der Waals surface area contributed by atoms with Crippen molar-refractivity contribution in [3.05, 3.63) is 188 Å². The molecule has 2 nitrogen and oxygen atoms in total. The molecule has 234 valence electrons. The molecule has 0 aliphatic rings. The Morgan fingerprint density at radius 2 is 1.10 bits per heavy atom. The van der Waals surface area contributed by atoms with Gasteiger partial charge in [0.1, 0.15) is 5.58 Å². The summed E-state index contributed by atoms with van der Waals surface area (Å²) in [6.07, 6.45) is 0. The second-order valence-electron chi connectivity index (χ2n) is 12.4. The highest BCUT2D eigenvalue weighted by atomic mass is 16.3. The van der Waals surface area contributed by atoms with Gasteiger partial charge >= 0.3 is 0 Å². The Bertz CT molecular complexity index is 3280. The summed E-state index contributed by atoms with van der Waals surface area (Å²) in [5, 5.41) is 6.41. The largest absolute Gasteiger partial charge is 0.454 e. The molecule has 10 rings (SSSR count). The molecule has 0 fully saturated rings. The Morgan fingerprint density at radius 1 is 0.420 bits per heavy atom. The minimum Gasteiger partial charge on any atom is -0.454 e. The summed E-state index contributed by atoms with van der Waals surface area (Å²) in [5.74, 6) is 0. The van der Waals surface area contributed by atoms with E-state index >= 15 is 0 Å². The molecular formula is C48H31NO. The molecule has 0 radical (unpaired) electrons. The van der Waals surface area contributed by atoms with Crippen LogP contribution in [0, 0.1) is 0 Å². The molecule has 0 unspecified atom stereocenters. The average molecular weight is 645 g/mol. The number of nitrogens with zero attached hydrogens (tertiary/aromatic N) is 1. The van der Waals surface area contributed by atoms with Crippen LogP contribution in [0.2, 0.25) is 0 Å². The zero-order chi connectivity index (χ0) is 39.1. The van der Waals surface area contributed by atoms with E-state index < -0.39 is 18.1 Å². The highest BCUT2D eigenvalue weighted by Gasteiger charge is 2.22. The first-order chi connectivity index (χ1) is 27.7. The van der Waals surface area contributed by atoms with Gasteiger partial charge in [-0.25, -0.2) is 0 Å². The van der Waals surface area contributed by atoms with Gasteiger partial charge < -0.3 is 9.32 Å². The van der Waals surface area contributed by atoms with Crippen molar-refractivity contribution in [3.63, 3.8) is 0 Å². The van der Waals surface area contributed by atoms with Gasteiger partial charge in [0.05, 0.1) is 21.0 Å². The standard InChI is InChI=1S/C48H31NO/c1-2-12-34-30-37(24-23-32(34)11-1)36-15-9-14-35(29-36)33-25-27-39(28-26-33)49(45-21-10-20-44-43-19-7-8-22-47(43)50-48(44)45)46-31-38-13-3-4-16-40(38)41-17-5-6-18-42(41)46/h1-31H/i1D,2D,11D,12D,23D,24D,30D. The third kappa shape index (κ3) is 4.65. The van der Waals surface area contributed by atoms with E-state index in [9.17, 15) is 0 Å². The van der Waals surface area contributed by atoms with Crippen molar-refractivity contribution >= 4 is 71.3 Å². The topological polar surface area (TPSA) is 16.4 Å². The number of furan rings is 1. The van der Waals surface area contributed by atoms with Crippen molar-refractivity contribution in [1.29, 1.82) is 0 Å². The number of hydrogen-bond acceptors (Lipinski definition) is 2. The van der Waals surface area contributed by atoms with Gasteiger partial charge in [0.2, 0.25) is 0 Å². The van der Waals surface area contributed by atoms with Crippen LogP contribution >= 0.6 is 0 Å². The number of benzene rings is 9. The smallest absolute Gasteiger partial charge is 0.159 e. The monoisotopic (exact) mass is 644 g/mol. The van der Waals surface area contributed by atoms with Crippen LogP contribution in [0.25, 0.3) is 76.5 Å². The van der Waals surface area contributed by atoms with Gasteiger partial charge in [-0.3, -0.25) is 0 Å². The lowest BCUT2D eigenvalue weighted by Gasteiger charge is -2.27. The van der Waals surface area contributed by atoms with Crippen molar-refractivity contribution in [2.45, 2.75) is 0 Å². The SMILES string of the molecule is [2H]c1c([2H])c([2H])c2c([2H])c(-c3cccc(-c4ccc(N(c5cc6ccccc6c6ccccc56)c5cccc6c5oc5ccccc56)cc4)c3)c([2H])c([2H])c2c1[2H]. The number of anilines is 3. The van der Waals surface area contributed by atoms with Crippen LogP contribution < -0.4 is 4.90 Å². The van der Waals surface area contributed by atoms with Gasteiger partial charge in [0.25, 0.3) is 0 Å². The molecular weight excluding hydrogens is 607 g/mol. The predicted octanol–water partition coefficient (Wildman–Crippen LogP) is 13.8. The third-order valence-electron chi connectivity index (χ3n) is 9.47. The Labute approximate surface area is 299 Å². The number of fused-ring (bicyclic) bond motifs is 7. The molecule has 0 aliphatic heterocycles. The molecule has 0 atom stereocenters. The second kappa shape index (κ2) is 11.5. The third-order valence-corrected chi connectivity index (χ3v) is 9.47. The fourth-order valence-corrected chi connectivity index (χ4v) is 7.12. The van der Waals surface area contributed by atoms with Crippen LogP contribution in [0.15, 0.2) is 192 Å². The molecule has 0 saturated carbocycles. The Morgan fingerprint density at radius 3 is 1.96 bits per heavy atom. The lowest BCUT2D eigenvalue weighted by Crippen LogP contribution is -2.11. The van der Waals surface area contributed by atoms with Crippen molar-refractivity contribution in [2.75, 3.05) is 4.90 Å². The summed E-state index contributed by atoms with van der Waals surface area (Å²) in [4.78, 5) is 2.26. The maximum atomic E-state index is 9.07. The zero-order valence-electron chi connectivity index (χ0n) is 33.7. The van der Waals surface area contributed by atoms with Gasteiger partial charge in [-0.1, -0.05) is 145 Å². The predicted molar refractivity (Wildman–Crippen MR) is 212 cm³/mol. The summed E-state index contributed by atoms with van der Waals surface area (Å²) in [6.45, 7) is 0. The number of hydrogen-bond donors (Lipinski definition) is 0. The molecule has 0 saturated heterocycles. The van der Waals surface area contributed by atoms with Gasteiger partial charge in [0.15, 0.2) is 5.58 Å². The molecule has 1 aromatic heterocycles. The molecule has 50 heavy (non-hydrogen) atoms. The Hall–Kier alpha value is -6.64. The van der Waals surface area contributed by atoms with Gasteiger partial charge in [0, 0.05) is 21.8 Å². The van der Waals surface area contributed by atoms with Crippen LogP contribution in [-0.2, 0) is 0 Å². The quantitative estimate of drug-likeness (QED) is 0.173. The summed E-state index contributed by atoms with van der Waals surface area (Å²) >= 11 is 0. The lowest BCUT2D eigenvalue weighted by atomic mass is 9.96. The van der Waals surface area contributed by atoms with Crippen LogP contribution in [0.5, 0.6) is 0 Å². The fourth-order valence-electron chi connectivity index (χ4n) is 7.12. The van der Waals surface area contributed by atoms with Gasteiger partial charge in [-0.15, -0.1) is 0 Å². The van der Waals surface area contributed by atoms with Crippen molar-refractivity contribution < 1.29 is 14.0 Å². The van der Waals surface area contributed by atoms with E-state index in [4.69, 9.17) is 14.0 Å². The van der Waals surface area contributed by atoms with E-state index in [0.29, 0.717) is 5.56 Å².